The summed E-state index contributed by atoms with van der Waals surface area (Å²) >= 11 is 0. The van der Waals surface area contributed by atoms with Crippen LogP contribution in [0, 0.1) is 17.6 Å². The Bertz CT molecular complexity index is 1650. The number of sulfonamides is 1. The molecule has 38 heavy (non-hydrogen) atoms. The molecule has 200 valence electrons. The molecule has 0 amide bonds. The van der Waals surface area contributed by atoms with E-state index in [2.05, 4.69) is 23.7 Å². The summed E-state index contributed by atoms with van der Waals surface area (Å²) < 4.78 is 64.0. The van der Waals surface area contributed by atoms with Gasteiger partial charge in [0.05, 0.1) is 11.9 Å². The fourth-order valence-electron chi connectivity index (χ4n) is 3.88. The predicted octanol–water partition coefficient (Wildman–Crippen LogP) is 5.40. The molecule has 0 radical (unpaired) electrons. The summed E-state index contributed by atoms with van der Waals surface area (Å²) in [6, 6.07) is 8.92. The van der Waals surface area contributed by atoms with Crippen LogP contribution in [0.15, 0.2) is 65.8 Å². The molecule has 4 aromatic rings. The Hall–Kier alpha value is -3.99. The van der Waals surface area contributed by atoms with Gasteiger partial charge in [-0.2, -0.15) is 5.10 Å². The van der Waals surface area contributed by atoms with Crippen LogP contribution in [-0.4, -0.2) is 28.5 Å². The summed E-state index contributed by atoms with van der Waals surface area (Å²) in [5.74, 6) is -1.49. The van der Waals surface area contributed by atoms with Gasteiger partial charge in [-0.3, -0.25) is 14.2 Å². The number of anilines is 1. The molecule has 0 aliphatic carbocycles. The van der Waals surface area contributed by atoms with Gasteiger partial charge in [-0.1, -0.05) is 13.8 Å². The van der Waals surface area contributed by atoms with Crippen molar-refractivity contribution in [3.8, 4) is 33.8 Å². The topological polar surface area (TPSA) is 95.2 Å². The summed E-state index contributed by atoms with van der Waals surface area (Å²) in [6.07, 6.45) is 5.06. The summed E-state index contributed by atoms with van der Waals surface area (Å²) in [7, 11) is -2.02. The molecule has 0 saturated carbocycles. The molecule has 0 saturated heterocycles. The Morgan fingerprint density at radius 3 is 2.42 bits per heavy atom. The van der Waals surface area contributed by atoms with E-state index in [-0.39, 0.29) is 28.5 Å². The lowest BCUT2D eigenvalue weighted by molar-refractivity contribution is 0.439. The number of aromatic nitrogens is 3. The van der Waals surface area contributed by atoms with E-state index in [4.69, 9.17) is 4.74 Å². The summed E-state index contributed by atoms with van der Waals surface area (Å²) in [5.41, 5.74) is 2.08. The molecule has 2 aromatic heterocycles. The first-order valence-corrected chi connectivity index (χ1v) is 13.6. The number of halogens is 2. The standard InChI is InChI=1S/C27H28F2N4O4S/c1-5-38(35,36)31-20-7-9-25(37-26-8-6-19(28)10-24(26)29)22(11-20)23-16-32(4)27(34)12-21(23)18-13-30-33(15-18)14-17(2)3/h6-13,15-17,31H,5,14H2,1-4H3. The van der Waals surface area contributed by atoms with Gasteiger partial charge in [0.1, 0.15) is 11.6 Å². The SMILES string of the molecule is CCS(=O)(=O)Nc1ccc(Oc2ccc(F)cc2F)c(-c2cn(C)c(=O)cc2-c2cnn(CC(C)C)c2)c1. The number of nitrogens with zero attached hydrogens (tertiary/aromatic N) is 3. The minimum absolute atomic E-state index is 0.137. The highest BCUT2D eigenvalue weighted by molar-refractivity contribution is 7.92. The van der Waals surface area contributed by atoms with Crippen LogP contribution in [0.4, 0.5) is 14.5 Å². The van der Waals surface area contributed by atoms with Gasteiger partial charge in [0.2, 0.25) is 10.0 Å². The Balaban J connectivity index is 1.92. The highest BCUT2D eigenvalue weighted by atomic mass is 32.2. The molecule has 0 bridgehead atoms. The number of benzene rings is 2. The molecule has 0 aliphatic rings. The number of ether oxygens (including phenoxy) is 1. The normalized spacial score (nSPS) is 11.7. The zero-order chi connectivity index (χ0) is 27.6. The van der Waals surface area contributed by atoms with Crippen LogP contribution < -0.4 is 15.0 Å². The van der Waals surface area contributed by atoms with Crippen LogP contribution in [0.1, 0.15) is 20.8 Å². The molecule has 8 nitrogen and oxygen atoms in total. The van der Waals surface area contributed by atoms with Crippen LogP contribution in [0.2, 0.25) is 0 Å². The zero-order valence-corrected chi connectivity index (χ0v) is 22.2. The van der Waals surface area contributed by atoms with Crippen molar-refractivity contribution in [2.24, 2.45) is 13.0 Å². The van der Waals surface area contributed by atoms with Gasteiger partial charge in [-0.15, -0.1) is 0 Å². The second-order valence-corrected chi connectivity index (χ2v) is 11.3. The van der Waals surface area contributed by atoms with Gasteiger partial charge in [0.25, 0.3) is 5.56 Å². The van der Waals surface area contributed by atoms with Crippen LogP contribution in [0.3, 0.4) is 0 Å². The van der Waals surface area contributed by atoms with Crippen LogP contribution >= 0.6 is 0 Å². The lowest BCUT2D eigenvalue weighted by Gasteiger charge is -2.17. The highest BCUT2D eigenvalue weighted by Crippen LogP contribution is 2.40. The molecule has 2 heterocycles. The Morgan fingerprint density at radius 2 is 1.74 bits per heavy atom. The minimum Gasteiger partial charge on any atom is -0.454 e. The molecule has 11 heteroatoms. The second kappa shape index (κ2) is 10.8. The maximum atomic E-state index is 14.5. The molecular formula is C27H28F2N4O4S. The van der Waals surface area contributed by atoms with E-state index >= 15 is 0 Å². The smallest absolute Gasteiger partial charge is 0.250 e. The molecular weight excluding hydrogens is 514 g/mol. The fourth-order valence-corrected chi connectivity index (χ4v) is 4.51. The number of hydrogen-bond donors (Lipinski definition) is 1. The number of nitrogens with one attached hydrogen (secondary N) is 1. The molecule has 0 spiro atoms. The van der Waals surface area contributed by atoms with Crippen molar-refractivity contribution in [2.75, 3.05) is 10.5 Å². The van der Waals surface area contributed by atoms with Gasteiger partial charge in [0.15, 0.2) is 11.6 Å². The van der Waals surface area contributed by atoms with Crippen molar-refractivity contribution in [3.63, 3.8) is 0 Å². The van der Waals surface area contributed by atoms with Gasteiger partial charge < -0.3 is 9.30 Å². The number of pyridine rings is 1. The molecule has 0 unspecified atom stereocenters. The van der Waals surface area contributed by atoms with E-state index in [9.17, 15) is 22.0 Å². The third kappa shape index (κ3) is 6.10. The molecule has 1 N–H and O–H groups in total. The molecule has 0 atom stereocenters. The van der Waals surface area contributed by atoms with Crippen molar-refractivity contribution in [1.29, 1.82) is 0 Å². The second-order valence-electron chi connectivity index (χ2n) is 9.29. The third-order valence-corrected chi connectivity index (χ3v) is 7.07. The quantitative estimate of drug-likeness (QED) is 0.305. The van der Waals surface area contributed by atoms with E-state index in [0.29, 0.717) is 40.8 Å². The molecule has 4 rings (SSSR count). The van der Waals surface area contributed by atoms with Gasteiger partial charge in [-0.25, -0.2) is 17.2 Å². The van der Waals surface area contributed by atoms with Crippen molar-refractivity contribution in [3.05, 3.63) is 83.0 Å². The number of hydrogen-bond acceptors (Lipinski definition) is 5. The first kappa shape index (κ1) is 27.1. The van der Waals surface area contributed by atoms with Gasteiger partial charge in [0, 0.05) is 60.5 Å². The predicted molar refractivity (Wildman–Crippen MR) is 143 cm³/mol. The highest BCUT2D eigenvalue weighted by Gasteiger charge is 2.19. The average molecular weight is 543 g/mol. The Morgan fingerprint density at radius 1 is 1.00 bits per heavy atom. The van der Waals surface area contributed by atoms with E-state index in [1.54, 1.807) is 30.2 Å². The zero-order valence-electron chi connectivity index (χ0n) is 21.4. The van der Waals surface area contributed by atoms with E-state index in [1.807, 2.05) is 6.20 Å². The van der Waals surface area contributed by atoms with Crippen molar-refractivity contribution in [1.82, 2.24) is 14.3 Å². The monoisotopic (exact) mass is 542 g/mol. The summed E-state index contributed by atoms with van der Waals surface area (Å²) in [5, 5.41) is 4.41. The van der Waals surface area contributed by atoms with Crippen molar-refractivity contribution >= 4 is 15.7 Å². The lowest BCUT2D eigenvalue weighted by atomic mass is 9.97. The third-order valence-electron chi connectivity index (χ3n) is 5.76. The Kier molecular flexibility index (Phi) is 7.68. The van der Waals surface area contributed by atoms with E-state index < -0.39 is 21.7 Å². The van der Waals surface area contributed by atoms with Gasteiger partial charge >= 0.3 is 0 Å². The summed E-state index contributed by atoms with van der Waals surface area (Å²) in [4.78, 5) is 12.7. The number of rotatable bonds is 9. The maximum absolute atomic E-state index is 14.5. The number of aryl methyl sites for hydroxylation is 1. The van der Waals surface area contributed by atoms with Crippen LogP contribution in [-0.2, 0) is 23.6 Å². The first-order chi connectivity index (χ1) is 18.0. The average Bonchev–Trinajstić information content (AvgIpc) is 3.30. The first-order valence-electron chi connectivity index (χ1n) is 12.0. The summed E-state index contributed by atoms with van der Waals surface area (Å²) in [6.45, 7) is 6.31. The Labute approximate surface area is 219 Å². The minimum atomic E-state index is -3.60. The maximum Gasteiger partial charge on any atom is 0.250 e. The van der Waals surface area contributed by atoms with Gasteiger partial charge in [-0.05, 0) is 48.7 Å². The van der Waals surface area contributed by atoms with Crippen LogP contribution in [0.5, 0.6) is 11.5 Å². The van der Waals surface area contributed by atoms with Crippen LogP contribution in [0.25, 0.3) is 22.3 Å². The van der Waals surface area contributed by atoms with Crippen molar-refractivity contribution < 1.29 is 21.9 Å². The van der Waals surface area contributed by atoms with E-state index in [1.165, 1.54) is 35.8 Å². The molecule has 0 fully saturated rings. The molecule has 2 aromatic carbocycles. The van der Waals surface area contributed by atoms with Crippen molar-refractivity contribution in [2.45, 2.75) is 27.3 Å². The lowest BCUT2D eigenvalue weighted by Crippen LogP contribution is -2.16. The van der Waals surface area contributed by atoms with E-state index in [0.717, 1.165) is 6.07 Å². The fraction of sp³-hybridized carbons (Fsp3) is 0.259. The molecule has 0 aliphatic heterocycles. The largest absolute Gasteiger partial charge is 0.454 e.